The molecule has 7 nitrogen and oxygen atoms in total. The highest BCUT2D eigenvalue weighted by Gasteiger charge is 2.21. The molecule has 2 aromatic heterocycles. The quantitative estimate of drug-likeness (QED) is 0.138. The van der Waals surface area contributed by atoms with Crippen molar-refractivity contribution in [3.05, 3.63) is 98.5 Å². The number of nitrogens with zero attached hydrogens (tertiary/aromatic N) is 5. The second-order valence-electron chi connectivity index (χ2n) is 11.4. The molecule has 0 saturated carbocycles. The molecule has 7 heteroatoms. The van der Waals surface area contributed by atoms with Gasteiger partial charge in [0.1, 0.15) is 5.82 Å². The Balaban J connectivity index is 1.55. The van der Waals surface area contributed by atoms with Crippen molar-refractivity contribution in [1.82, 2.24) is 23.6 Å². The van der Waals surface area contributed by atoms with Gasteiger partial charge in [0.15, 0.2) is 11.2 Å². The van der Waals surface area contributed by atoms with Gasteiger partial charge in [-0.15, -0.1) is 0 Å². The van der Waals surface area contributed by atoms with Crippen molar-refractivity contribution in [2.45, 2.75) is 97.3 Å². The van der Waals surface area contributed by atoms with Crippen LogP contribution in [0.1, 0.15) is 88.1 Å². The van der Waals surface area contributed by atoms with E-state index in [1.165, 1.54) is 71.6 Å². The first kappa shape index (κ1) is 30.5. The van der Waals surface area contributed by atoms with E-state index in [9.17, 15) is 9.59 Å². The number of imidazole rings is 1. The summed E-state index contributed by atoms with van der Waals surface area (Å²) in [4.78, 5) is 33.4. The lowest BCUT2D eigenvalue weighted by Crippen LogP contribution is -2.37. The fourth-order valence-corrected chi connectivity index (χ4v) is 5.66. The van der Waals surface area contributed by atoms with Gasteiger partial charge in [-0.25, -0.2) is 9.78 Å². The molecule has 0 radical (unpaired) electrons. The number of aryl methyl sites for hydroxylation is 2. The molecule has 220 valence electrons. The fraction of sp³-hybridized carbons (Fsp3) is 0.500. The molecule has 0 unspecified atom stereocenters. The summed E-state index contributed by atoms with van der Waals surface area (Å²) in [5.74, 6) is 0.834. The van der Waals surface area contributed by atoms with E-state index in [1.54, 1.807) is 14.1 Å². The lowest BCUT2D eigenvalue weighted by molar-refractivity contribution is 0.238. The lowest BCUT2D eigenvalue weighted by Gasteiger charge is -2.23. The highest BCUT2D eigenvalue weighted by molar-refractivity contribution is 5.71. The van der Waals surface area contributed by atoms with E-state index < -0.39 is 0 Å². The SMILES string of the molecule is CCCCCCCCCCCCn1c(CN(Cc2ccccc2)Cc2ccccc2)nc2c1c(=O)n(C)c(=O)n2C. The molecular weight excluding hydrogens is 510 g/mol. The average Bonchev–Trinajstić information content (AvgIpc) is 3.34. The Kier molecular flexibility index (Phi) is 11.6. The van der Waals surface area contributed by atoms with Gasteiger partial charge in [0, 0.05) is 33.7 Å². The number of hydrogen-bond donors (Lipinski definition) is 0. The van der Waals surface area contributed by atoms with Crippen LogP contribution in [0, 0.1) is 0 Å². The number of unbranched alkanes of at least 4 members (excludes halogenated alkanes) is 9. The topological polar surface area (TPSA) is 65.1 Å². The predicted molar refractivity (Wildman–Crippen MR) is 168 cm³/mol. The number of aromatic nitrogens is 4. The van der Waals surface area contributed by atoms with E-state index in [-0.39, 0.29) is 11.2 Å². The van der Waals surface area contributed by atoms with Crippen molar-refractivity contribution in [3.8, 4) is 0 Å². The minimum Gasteiger partial charge on any atom is -0.321 e. The van der Waals surface area contributed by atoms with Gasteiger partial charge in [-0.1, -0.05) is 125 Å². The minimum absolute atomic E-state index is 0.272. The third kappa shape index (κ3) is 8.29. The smallest absolute Gasteiger partial charge is 0.321 e. The maximum atomic E-state index is 13.4. The molecule has 2 aromatic carbocycles. The van der Waals surface area contributed by atoms with E-state index in [0.29, 0.717) is 17.7 Å². The Hall–Kier alpha value is -3.45. The van der Waals surface area contributed by atoms with Crippen LogP contribution in [0.25, 0.3) is 11.2 Å². The van der Waals surface area contributed by atoms with Crippen LogP contribution in [0.5, 0.6) is 0 Å². The zero-order valence-electron chi connectivity index (χ0n) is 25.2. The predicted octanol–water partition coefficient (Wildman–Crippen LogP) is 6.56. The first-order chi connectivity index (χ1) is 20.0. The van der Waals surface area contributed by atoms with Crippen LogP contribution in [0.4, 0.5) is 0 Å². The van der Waals surface area contributed by atoms with E-state index in [2.05, 4.69) is 64.9 Å². The summed E-state index contributed by atoms with van der Waals surface area (Å²) in [6.45, 7) is 5.07. The van der Waals surface area contributed by atoms with Crippen molar-refractivity contribution in [3.63, 3.8) is 0 Å². The summed E-state index contributed by atoms with van der Waals surface area (Å²) in [7, 11) is 3.26. The summed E-state index contributed by atoms with van der Waals surface area (Å²) in [6, 6.07) is 20.9. The van der Waals surface area contributed by atoms with Gasteiger partial charge in [-0.05, 0) is 17.5 Å². The van der Waals surface area contributed by atoms with Gasteiger partial charge in [-0.3, -0.25) is 18.8 Å². The zero-order valence-corrected chi connectivity index (χ0v) is 25.2. The summed E-state index contributed by atoms with van der Waals surface area (Å²) in [6.07, 6.45) is 12.6. The van der Waals surface area contributed by atoms with Crippen molar-refractivity contribution in [2.24, 2.45) is 14.1 Å². The van der Waals surface area contributed by atoms with Gasteiger partial charge >= 0.3 is 5.69 Å². The van der Waals surface area contributed by atoms with Crippen LogP contribution in [-0.4, -0.2) is 23.6 Å². The lowest BCUT2D eigenvalue weighted by atomic mass is 10.1. The summed E-state index contributed by atoms with van der Waals surface area (Å²) in [5.41, 5.74) is 2.84. The molecule has 0 fully saturated rings. The second-order valence-corrected chi connectivity index (χ2v) is 11.4. The summed E-state index contributed by atoms with van der Waals surface area (Å²) in [5, 5.41) is 0. The number of hydrogen-bond acceptors (Lipinski definition) is 4. The molecule has 0 aliphatic heterocycles. The molecule has 0 aliphatic rings. The van der Waals surface area contributed by atoms with E-state index in [4.69, 9.17) is 4.98 Å². The molecule has 4 rings (SSSR count). The molecule has 0 amide bonds. The molecule has 0 atom stereocenters. The van der Waals surface area contributed by atoms with Gasteiger partial charge in [0.05, 0.1) is 6.54 Å². The molecule has 0 saturated heterocycles. The van der Waals surface area contributed by atoms with Gasteiger partial charge in [-0.2, -0.15) is 0 Å². The van der Waals surface area contributed by atoms with Crippen LogP contribution in [-0.2, 0) is 40.3 Å². The van der Waals surface area contributed by atoms with E-state index in [1.807, 2.05) is 12.1 Å². The van der Waals surface area contributed by atoms with Gasteiger partial charge < -0.3 is 4.57 Å². The van der Waals surface area contributed by atoms with Crippen LogP contribution in [0.3, 0.4) is 0 Å². The Morgan fingerprint density at radius 1 is 0.659 bits per heavy atom. The summed E-state index contributed by atoms with van der Waals surface area (Å²) < 4.78 is 4.80. The van der Waals surface area contributed by atoms with Crippen LogP contribution in [0.15, 0.2) is 70.3 Å². The highest BCUT2D eigenvalue weighted by Crippen LogP contribution is 2.19. The molecule has 0 spiro atoms. The first-order valence-corrected chi connectivity index (χ1v) is 15.4. The molecule has 41 heavy (non-hydrogen) atoms. The van der Waals surface area contributed by atoms with Crippen LogP contribution in [0.2, 0.25) is 0 Å². The Labute approximate surface area is 244 Å². The number of rotatable bonds is 17. The maximum absolute atomic E-state index is 13.4. The number of fused-ring (bicyclic) bond motifs is 1. The average molecular weight is 558 g/mol. The van der Waals surface area contributed by atoms with Crippen LogP contribution < -0.4 is 11.2 Å². The van der Waals surface area contributed by atoms with E-state index >= 15 is 0 Å². The molecular formula is C34H47N5O2. The molecule has 2 heterocycles. The second kappa shape index (κ2) is 15.5. The highest BCUT2D eigenvalue weighted by atomic mass is 16.2. The maximum Gasteiger partial charge on any atom is 0.332 e. The van der Waals surface area contributed by atoms with Crippen molar-refractivity contribution in [2.75, 3.05) is 0 Å². The zero-order chi connectivity index (χ0) is 29.0. The largest absolute Gasteiger partial charge is 0.332 e. The van der Waals surface area contributed by atoms with Crippen molar-refractivity contribution >= 4 is 11.2 Å². The minimum atomic E-state index is -0.344. The molecule has 0 bridgehead atoms. The van der Waals surface area contributed by atoms with Crippen LogP contribution >= 0.6 is 0 Å². The van der Waals surface area contributed by atoms with E-state index in [0.717, 1.165) is 38.3 Å². The normalized spacial score (nSPS) is 11.6. The molecule has 4 aromatic rings. The standard InChI is InChI=1S/C34H47N5O2/c1-4-5-6-7-8-9-10-11-12-19-24-39-30(35-32-31(39)33(40)37(3)34(41)36(32)2)27-38(25-28-20-15-13-16-21-28)26-29-22-17-14-18-23-29/h13-18,20-23H,4-12,19,24-27H2,1-3H3. The molecule has 0 aliphatic carbocycles. The fourth-order valence-electron chi connectivity index (χ4n) is 5.66. The Bertz CT molecular complexity index is 1430. The van der Waals surface area contributed by atoms with Gasteiger partial charge in [0.2, 0.25) is 0 Å². The van der Waals surface area contributed by atoms with Crippen molar-refractivity contribution in [1.29, 1.82) is 0 Å². The third-order valence-corrected chi connectivity index (χ3v) is 8.03. The molecule has 0 N–H and O–H groups in total. The number of benzene rings is 2. The van der Waals surface area contributed by atoms with Crippen molar-refractivity contribution < 1.29 is 0 Å². The third-order valence-electron chi connectivity index (χ3n) is 8.03. The monoisotopic (exact) mass is 557 g/mol. The Morgan fingerprint density at radius 2 is 1.17 bits per heavy atom. The first-order valence-electron chi connectivity index (χ1n) is 15.4. The Morgan fingerprint density at radius 3 is 1.71 bits per heavy atom. The summed E-state index contributed by atoms with van der Waals surface area (Å²) >= 11 is 0. The van der Waals surface area contributed by atoms with Gasteiger partial charge in [0.25, 0.3) is 5.56 Å².